The van der Waals surface area contributed by atoms with Crippen LogP contribution < -0.4 is 15.5 Å². The SMILES string of the molecule is CCc1cc2c(N(CC)CC(=O)NC)nc(NC)nc2s1. The fourth-order valence-corrected chi connectivity index (χ4v) is 3.03. The Balaban J connectivity index is 2.52. The second kappa shape index (κ2) is 6.71. The molecule has 2 aromatic rings. The van der Waals surface area contributed by atoms with Gasteiger partial charge in [-0.25, -0.2) is 4.98 Å². The van der Waals surface area contributed by atoms with E-state index in [1.807, 2.05) is 11.8 Å². The number of likely N-dealkylation sites (N-methyl/N-ethyl adjacent to an activating group) is 2. The minimum atomic E-state index is -0.0273. The summed E-state index contributed by atoms with van der Waals surface area (Å²) in [4.78, 5) is 25.0. The van der Waals surface area contributed by atoms with Crippen molar-refractivity contribution in [2.75, 3.05) is 37.4 Å². The fraction of sp³-hybridized carbons (Fsp3) is 0.500. The molecule has 0 fully saturated rings. The predicted molar refractivity (Wildman–Crippen MR) is 88.3 cm³/mol. The van der Waals surface area contributed by atoms with Crippen LogP contribution in [0.2, 0.25) is 0 Å². The van der Waals surface area contributed by atoms with Crippen molar-refractivity contribution in [1.29, 1.82) is 0 Å². The number of hydrogen-bond acceptors (Lipinski definition) is 6. The van der Waals surface area contributed by atoms with Crippen LogP contribution in [0.1, 0.15) is 18.7 Å². The number of thiophene rings is 1. The highest BCUT2D eigenvalue weighted by Gasteiger charge is 2.17. The van der Waals surface area contributed by atoms with Crippen LogP contribution in [0.25, 0.3) is 10.2 Å². The first-order valence-corrected chi connectivity index (χ1v) is 7.88. The van der Waals surface area contributed by atoms with Crippen molar-refractivity contribution < 1.29 is 4.79 Å². The van der Waals surface area contributed by atoms with Crippen molar-refractivity contribution in [2.45, 2.75) is 20.3 Å². The molecule has 0 unspecified atom stereocenters. The van der Waals surface area contributed by atoms with Crippen LogP contribution >= 0.6 is 11.3 Å². The van der Waals surface area contributed by atoms with Crippen LogP contribution in [0.5, 0.6) is 0 Å². The molecule has 0 bridgehead atoms. The third-order valence-corrected chi connectivity index (χ3v) is 4.46. The molecular weight excluding hydrogens is 286 g/mol. The van der Waals surface area contributed by atoms with E-state index in [0.717, 1.165) is 22.5 Å². The second-order valence-electron chi connectivity index (χ2n) is 4.59. The van der Waals surface area contributed by atoms with Crippen molar-refractivity contribution in [3.63, 3.8) is 0 Å². The smallest absolute Gasteiger partial charge is 0.239 e. The van der Waals surface area contributed by atoms with E-state index in [2.05, 4.69) is 33.6 Å². The van der Waals surface area contributed by atoms with Gasteiger partial charge >= 0.3 is 0 Å². The first-order valence-electron chi connectivity index (χ1n) is 7.06. The lowest BCUT2D eigenvalue weighted by Gasteiger charge is -2.22. The van der Waals surface area contributed by atoms with Crippen LogP contribution in [0.4, 0.5) is 11.8 Å². The molecule has 7 heteroatoms. The predicted octanol–water partition coefficient (Wildman–Crippen LogP) is 1.87. The number of carbonyl (C=O) groups is 1. The number of nitrogens with one attached hydrogen (secondary N) is 2. The van der Waals surface area contributed by atoms with Gasteiger partial charge in [-0.3, -0.25) is 4.79 Å². The Hall–Kier alpha value is -1.89. The molecule has 0 aliphatic rings. The van der Waals surface area contributed by atoms with E-state index in [0.29, 0.717) is 19.0 Å². The quantitative estimate of drug-likeness (QED) is 0.852. The Morgan fingerprint density at radius 1 is 1.33 bits per heavy atom. The van der Waals surface area contributed by atoms with Gasteiger partial charge in [0.05, 0.1) is 11.9 Å². The van der Waals surface area contributed by atoms with Gasteiger partial charge in [-0.05, 0) is 19.4 Å². The van der Waals surface area contributed by atoms with Gasteiger partial charge < -0.3 is 15.5 Å². The van der Waals surface area contributed by atoms with E-state index in [1.165, 1.54) is 4.88 Å². The summed E-state index contributed by atoms with van der Waals surface area (Å²) in [5.74, 6) is 1.37. The molecule has 21 heavy (non-hydrogen) atoms. The van der Waals surface area contributed by atoms with Gasteiger partial charge in [0.1, 0.15) is 10.6 Å². The van der Waals surface area contributed by atoms with Gasteiger partial charge in [-0.1, -0.05) is 6.92 Å². The van der Waals surface area contributed by atoms with Crippen molar-refractivity contribution >= 4 is 39.2 Å². The molecule has 0 radical (unpaired) electrons. The summed E-state index contributed by atoms with van der Waals surface area (Å²) in [7, 11) is 3.44. The van der Waals surface area contributed by atoms with E-state index >= 15 is 0 Å². The Labute approximate surface area is 128 Å². The summed E-state index contributed by atoms with van der Waals surface area (Å²) in [5.41, 5.74) is 0. The van der Waals surface area contributed by atoms with Gasteiger partial charge in [-0.2, -0.15) is 4.98 Å². The Bertz CT molecular complexity index is 640. The lowest BCUT2D eigenvalue weighted by Crippen LogP contribution is -2.36. The highest BCUT2D eigenvalue weighted by atomic mass is 32.1. The Morgan fingerprint density at radius 3 is 2.67 bits per heavy atom. The van der Waals surface area contributed by atoms with Crippen LogP contribution in [0.3, 0.4) is 0 Å². The molecule has 0 aromatic carbocycles. The molecule has 0 atom stereocenters. The molecule has 0 saturated carbocycles. The molecule has 2 rings (SSSR count). The zero-order valence-corrected chi connectivity index (χ0v) is 13.7. The van der Waals surface area contributed by atoms with E-state index in [-0.39, 0.29) is 5.91 Å². The standard InChI is InChI=1S/C14H21N5OS/c1-5-9-7-10-12(19(6-2)8-11(20)15-3)17-14(16-4)18-13(10)21-9/h7H,5-6,8H2,1-4H3,(H,15,20)(H,16,17,18). The summed E-state index contributed by atoms with van der Waals surface area (Å²) in [5, 5.41) is 6.66. The van der Waals surface area contributed by atoms with Crippen LogP contribution in [-0.4, -0.2) is 43.1 Å². The van der Waals surface area contributed by atoms with Crippen LogP contribution in [0.15, 0.2) is 6.07 Å². The summed E-state index contributed by atoms with van der Waals surface area (Å²) in [6, 6.07) is 2.13. The Morgan fingerprint density at radius 2 is 2.10 bits per heavy atom. The largest absolute Gasteiger partial charge is 0.358 e. The van der Waals surface area contributed by atoms with Crippen molar-refractivity contribution in [1.82, 2.24) is 15.3 Å². The highest BCUT2D eigenvalue weighted by molar-refractivity contribution is 7.18. The number of nitrogens with zero attached hydrogens (tertiary/aromatic N) is 3. The normalized spacial score (nSPS) is 10.7. The Kier molecular flexibility index (Phi) is 4.95. The molecule has 1 amide bonds. The number of anilines is 2. The van der Waals surface area contributed by atoms with Crippen molar-refractivity contribution in [3.05, 3.63) is 10.9 Å². The maximum Gasteiger partial charge on any atom is 0.239 e. The molecule has 2 aromatic heterocycles. The molecule has 0 aliphatic carbocycles. The maximum absolute atomic E-state index is 11.7. The highest BCUT2D eigenvalue weighted by Crippen LogP contribution is 2.32. The number of amides is 1. The van der Waals surface area contributed by atoms with Gasteiger partial charge in [0.25, 0.3) is 0 Å². The lowest BCUT2D eigenvalue weighted by atomic mass is 10.3. The molecule has 0 aliphatic heterocycles. The maximum atomic E-state index is 11.7. The van der Waals surface area contributed by atoms with Gasteiger partial charge in [0.15, 0.2) is 0 Å². The summed E-state index contributed by atoms with van der Waals surface area (Å²) < 4.78 is 0. The summed E-state index contributed by atoms with van der Waals surface area (Å²) in [6.07, 6.45) is 0.969. The molecule has 2 N–H and O–H groups in total. The number of carbonyl (C=O) groups excluding carboxylic acids is 1. The van der Waals surface area contributed by atoms with Gasteiger partial charge in [-0.15, -0.1) is 11.3 Å². The van der Waals surface area contributed by atoms with Crippen LogP contribution in [-0.2, 0) is 11.2 Å². The summed E-state index contributed by atoms with van der Waals surface area (Å²) >= 11 is 1.68. The second-order valence-corrected chi connectivity index (χ2v) is 5.71. The monoisotopic (exact) mass is 307 g/mol. The molecule has 6 nitrogen and oxygen atoms in total. The molecule has 0 spiro atoms. The number of hydrogen-bond donors (Lipinski definition) is 2. The number of rotatable bonds is 6. The topological polar surface area (TPSA) is 70.2 Å². The number of fused-ring (bicyclic) bond motifs is 1. The molecule has 0 saturated heterocycles. The molecule has 114 valence electrons. The van der Waals surface area contributed by atoms with E-state index in [4.69, 9.17) is 0 Å². The van der Waals surface area contributed by atoms with E-state index in [9.17, 15) is 4.79 Å². The van der Waals surface area contributed by atoms with Crippen molar-refractivity contribution in [2.24, 2.45) is 0 Å². The van der Waals surface area contributed by atoms with Gasteiger partial charge in [0, 0.05) is 25.5 Å². The molecule has 2 heterocycles. The fourth-order valence-electron chi connectivity index (χ4n) is 2.07. The lowest BCUT2D eigenvalue weighted by molar-refractivity contribution is -0.119. The molecular formula is C14H21N5OS. The van der Waals surface area contributed by atoms with Crippen molar-refractivity contribution in [3.8, 4) is 0 Å². The summed E-state index contributed by atoms with van der Waals surface area (Å²) in [6.45, 7) is 5.14. The minimum absolute atomic E-state index is 0.0273. The average Bonchev–Trinajstić information content (AvgIpc) is 2.94. The number of aromatic nitrogens is 2. The first kappa shape index (κ1) is 15.5. The third kappa shape index (κ3) is 3.24. The van der Waals surface area contributed by atoms with E-state index < -0.39 is 0 Å². The zero-order valence-electron chi connectivity index (χ0n) is 12.9. The first-order chi connectivity index (χ1) is 10.1. The third-order valence-electron chi connectivity index (χ3n) is 3.29. The van der Waals surface area contributed by atoms with E-state index in [1.54, 1.807) is 25.4 Å². The van der Waals surface area contributed by atoms with Crippen LogP contribution in [0, 0.1) is 0 Å². The average molecular weight is 307 g/mol. The zero-order chi connectivity index (χ0) is 15.4. The number of aryl methyl sites for hydroxylation is 1. The minimum Gasteiger partial charge on any atom is -0.358 e. The van der Waals surface area contributed by atoms with Gasteiger partial charge in [0.2, 0.25) is 11.9 Å².